The normalized spacial score (nSPS) is 17.8. The number of nitrogens with one attached hydrogen (secondary N) is 2. The fraction of sp³-hybridized carbons (Fsp3) is 0.538. The van der Waals surface area contributed by atoms with Crippen molar-refractivity contribution >= 4 is 34.8 Å². The lowest BCUT2D eigenvalue weighted by atomic mass is 10.1. The van der Waals surface area contributed by atoms with Gasteiger partial charge in [0, 0.05) is 19.3 Å². The van der Waals surface area contributed by atoms with Gasteiger partial charge < -0.3 is 15.4 Å². The number of hydrogen-bond donors (Lipinski definition) is 2. The van der Waals surface area contributed by atoms with Crippen LogP contribution in [0.15, 0.2) is 12.3 Å². The summed E-state index contributed by atoms with van der Waals surface area (Å²) >= 11 is 11.7. The van der Waals surface area contributed by atoms with Crippen LogP contribution in [-0.4, -0.2) is 36.2 Å². The van der Waals surface area contributed by atoms with E-state index in [1.807, 2.05) is 6.92 Å². The summed E-state index contributed by atoms with van der Waals surface area (Å²) in [7, 11) is 0. The quantitative estimate of drug-likeness (QED) is 0.837. The van der Waals surface area contributed by atoms with Gasteiger partial charge in [0.25, 0.3) is 0 Å². The van der Waals surface area contributed by atoms with Gasteiger partial charge in [-0.25, -0.2) is 4.98 Å². The third kappa shape index (κ3) is 4.31. The molecule has 0 saturated carbocycles. The van der Waals surface area contributed by atoms with Crippen molar-refractivity contribution in [3.8, 4) is 0 Å². The Balaban J connectivity index is 1.89. The summed E-state index contributed by atoms with van der Waals surface area (Å²) in [6, 6.07) is 1.49. The summed E-state index contributed by atoms with van der Waals surface area (Å²) in [6.45, 7) is 3.29. The molecule has 2 rings (SSSR count). The predicted molar refractivity (Wildman–Crippen MR) is 79.3 cm³/mol. The molecule has 1 aliphatic rings. The molecule has 0 radical (unpaired) electrons. The second-order valence-electron chi connectivity index (χ2n) is 4.75. The monoisotopic (exact) mass is 317 g/mol. The Kier molecular flexibility index (Phi) is 5.60. The van der Waals surface area contributed by atoms with Crippen LogP contribution in [0.3, 0.4) is 0 Å². The average Bonchev–Trinajstić information content (AvgIpc) is 2.43. The Morgan fingerprint density at radius 2 is 2.15 bits per heavy atom. The van der Waals surface area contributed by atoms with Gasteiger partial charge in [-0.3, -0.25) is 4.79 Å². The fourth-order valence-electron chi connectivity index (χ4n) is 2.03. The van der Waals surface area contributed by atoms with Crippen molar-refractivity contribution in [3.63, 3.8) is 0 Å². The number of amides is 1. The first-order chi connectivity index (χ1) is 9.56. The summed E-state index contributed by atoms with van der Waals surface area (Å²) in [5.74, 6) is -0.150. The van der Waals surface area contributed by atoms with Gasteiger partial charge in [-0.05, 0) is 25.8 Å². The van der Waals surface area contributed by atoms with E-state index in [1.165, 1.54) is 12.3 Å². The van der Waals surface area contributed by atoms with Crippen molar-refractivity contribution in [1.82, 2.24) is 10.3 Å². The van der Waals surface area contributed by atoms with Crippen LogP contribution in [0, 0.1) is 0 Å². The van der Waals surface area contributed by atoms with Crippen molar-refractivity contribution in [2.24, 2.45) is 0 Å². The molecule has 7 heteroatoms. The van der Waals surface area contributed by atoms with Crippen molar-refractivity contribution in [2.75, 3.05) is 18.5 Å². The molecule has 0 bridgehead atoms. The maximum Gasteiger partial charge on any atom is 0.241 e. The summed E-state index contributed by atoms with van der Waals surface area (Å²) in [4.78, 5) is 16.0. The topological polar surface area (TPSA) is 63.2 Å². The molecule has 1 saturated heterocycles. The first kappa shape index (κ1) is 15.5. The number of ether oxygens (including phenoxy) is 1. The Morgan fingerprint density at radius 3 is 2.80 bits per heavy atom. The Hall–Kier alpha value is -0.880. The van der Waals surface area contributed by atoms with E-state index in [4.69, 9.17) is 27.9 Å². The van der Waals surface area contributed by atoms with Crippen LogP contribution in [0.5, 0.6) is 0 Å². The van der Waals surface area contributed by atoms with Crippen LogP contribution in [0.1, 0.15) is 19.8 Å². The molecule has 0 spiro atoms. The van der Waals surface area contributed by atoms with Crippen molar-refractivity contribution in [2.45, 2.75) is 31.8 Å². The molecule has 0 aromatic carbocycles. The van der Waals surface area contributed by atoms with Crippen molar-refractivity contribution in [1.29, 1.82) is 0 Å². The molecule has 5 nitrogen and oxygen atoms in total. The molecular formula is C13H17Cl2N3O2. The van der Waals surface area contributed by atoms with Crippen LogP contribution in [-0.2, 0) is 9.53 Å². The highest BCUT2D eigenvalue weighted by molar-refractivity contribution is 6.36. The Labute approximate surface area is 128 Å². The highest BCUT2D eigenvalue weighted by atomic mass is 35.5. The molecular weight excluding hydrogens is 301 g/mol. The van der Waals surface area contributed by atoms with Gasteiger partial charge in [0.1, 0.15) is 5.15 Å². The van der Waals surface area contributed by atoms with Gasteiger partial charge in [0.05, 0.1) is 22.9 Å². The minimum absolute atomic E-state index is 0.150. The zero-order valence-electron chi connectivity index (χ0n) is 11.2. The number of hydrogen-bond acceptors (Lipinski definition) is 4. The molecule has 2 N–H and O–H groups in total. The number of pyridine rings is 1. The number of anilines is 1. The van der Waals surface area contributed by atoms with Crippen LogP contribution in [0.4, 0.5) is 5.69 Å². The van der Waals surface area contributed by atoms with E-state index in [-0.39, 0.29) is 11.9 Å². The molecule has 1 fully saturated rings. The first-order valence-corrected chi connectivity index (χ1v) is 7.27. The minimum atomic E-state index is -0.315. The van der Waals surface area contributed by atoms with E-state index in [0.29, 0.717) is 21.9 Å². The van der Waals surface area contributed by atoms with Gasteiger partial charge >= 0.3 is 0 Å². The van der Waals surface area contributed by atoms with Gasteiger partial charge in [0.15, 0.2) is 0 Å². The van der Waals surface area contributed by atoms with E-state index in [0.717, 1.165) is 26.1 Å². The van der Waals surface area contributed by atoms with Gasteiger partial charge in [0.2, 0.25) is 5.91 Å². The largest absolute Gasteiger partial charge is 0.381 e. The third-order valence-electron chi connectivity index (χ3n) is 3.18. The number of halogens is 2. The van der Waals surface area contributed by atoms with Gasteiger partial charge in [-0.2, -0.15) is 0 Å². The lowest BCUT2D eigenvalue weighted by molar-refractivity contribution is -0.118. The zero-order valence-corrected chi connectivity index (χ0v) is 12.7. The van der Waals surface area contributed by atoms with Gasteiger partial charge in [-0.15, -0.1) is 0 Å². The van der Waals surface area contributed by atoms with E-state index < -0.39 is 0 Å². The number of nitrogens with zero attached hydrogens (tertiary/aromatic N) is 1. The SMILES string of the molecule is C[C@@H](NC1CCOCC1)C(=O)Nc1cnc(Cl)cc1Cl. The smallest absolute Gasteiger partial charge is 0.241 e. The lowest BCUT2D eigenvalue weighted by Gasteiger charge is -2.26. The summed E-state index contributed by atoms with van der Waals surface area (Å²) in [5, 5.41) is 6.69. The average molecular weight is 318 g/mol. The van der Waals surface area contributed by atoms with Crippen LogP contribution >= 0.6 is 23.2 Å². The maximum atomic E-state index is 12.1. The molecule has 1 aromatic heterocycles. The molecule has 1 atom stereocenters. The highest BCUT2D eigenvalue weighted by Gasteiger charge is 2.20. The molecule has 0 unspecified atom stereocenters. The van der Waals surface area contributed by atoms with Crippen LogP contribution in [0.2, 0.25) is 10.2 Å². The second-order valence-corrected chi connectivity index (χ2v) is 5.55. The van der Waals surface area contributed by atoms with Gasteiger partial charge in [-0.1, -0.05) is 23.2 Å². The highest BCUT2D eigenvalue weighted by Crippen LogP contribution is 2.23. The number of carbonyl (C=O) groups is 1. The minimum Gasteiger partial charge on any atom is -0.381 e. The van der Waals surface area contributed by atoms with E-state index in [9.17, 15) is 4.79 Å². The fourth-order valence-corrected chi connectivity index (χ4v) is 2.45. The van der Waals surface area contributed by atoms with Crippen LogP contribution in [0.25, 0.3) is 0 Å². The van der Waals surface area contributed by atoms with E-state index in [2.05, 4.69) is 15.6 Å². The summed E-state index contributed by atoms with van der Waals surface area (Å²) in [6.07, 6.45) is 3.28. The number of aromatic nitrogens is 1. The number of rotatable bonds is 4. The molecule has 20 heavy (non-hydrogen) atoms. The van der Waals surface area contributed by atoms with Crippen molar-refractivity contribution in [3.05, 3.63) is 22.4 Å². The maximum absolute atomic E-state index is 12.1. The Bertz CT molecular complexity index is 479. The predicted octanol–water partition coefficient (Wildman–Crippen LogP) is 2.48. The Morgan fingerprint density at radius 1 is 1.45 bits per heavy atom. The molecule has 110 valence electrons. The molecule has 1 amide bonds. The number of carbonyl (C=O) groups excluding carboxylic acids is 1. The summed E-state index contributed by atoms with van der Waals surface area (Å²) < 4.78 is 5.29. The van der Waals surface area contributed by atoms with E-state index in [1.54, 1.807) is 0 Å². The standard InChI is InChI=1S/C13H17Cl2N3O2/c1-8(17-9-2-4-20-5-3-9)13(19)18-11-7-16-12(15)6-10(11)14/h6-9,17H,2-5H2,1H3,(H,18,19)/t8-/m1/s1. The van der Waals surface area contributed by atoms with Crippen molar-refractivity contribution < 1.29 is 9.53 Å². The third-order valence-corrected chi connectivity index (χ3v) is 3.70. The molecule has 1 aliphatic heterocycles. The molecule has 0 aliphatic carbocycles. The van der Waals surface area contributed by atoms with Crippen LogP contribution < -0.4 is 10.6 Å². The molecule has 1 aromatic rings. The molecule has 2 heterocycles. The lowest BCUT2D eigenvalue weighted by Crippen LogP contribution is -2.46. The summed E-state index contributed by atoms with van der Waals surface area (Å²) in [5.41, 5.74) is 0.460. The first-order valence-electron chi connectivity index (χ1n) is 6.52. The second kappa shape index (κ2) is 7.22. The zero-order chi connectivity index (χ0) is 14.5. The van der Waals surface area contributed by atoms with E-state index >= 15 is 0 Å².